The molecule has 1 aromatic rings. The molecular weight excluding hydrogens is 194 g/mol. The number of ether oxygens (including phenoxy) is 1. The highest BCUT2D eigenvalue weighted by atomic mass is 16.5. The first kappa shape index (κ1) is 11.2. The van der Waals surface area contributed by atoms with E-state index in [1.54, 1.807) is 18.2 Å². The van der Waals surface area contributed by atoms with Crippen LogP contribution < -0.4 is 10.5 Å². The molecule has 4 nitrogen and oxygen atoms in total. The molecule has 1 amide bonds. The molecule has 1 rings (SSSR count). The van der Waals surface area contributed by atoms with E-state index in [0.717, 1.165) is 11.8 Å². The minimum atomic E-state index is -0.350. The van der Waals surface area contributed by atoms with Gasteiger partial charge in [-0.15, -0.1) is 0 Å². The van der Waals surface area contributed by atoms with Crippen LogP contribution in [0.15, 0.2) is 18.2 Å². The van der Waals surface area contributed by atoms with E-state index in [2.05, 4.69) is 0 Å². The molecule has 0 aliphatic carbocycles. The van der Waals surface area contributed by atoms with E-state index in [4.69, 9.17) is 10.5 Å². The van der Waals surface area contributed by atoms with Crippen molar-refractivity contribution in [3.8, 4) is 5.75 Å². The van der Waals surface area contributed by atoms with E-state index in [1.807, 2.05) is 0 Å². The van der Waals surface area contributed by atoms with Crippen LogP contribution in [0.5, 0.6) is 5.75 Å². The van der Waals surface area contributed by atoms with Crippen LogP contribution in [0.25, 0.3) is 0 Å². The summed E-state index contributed by atoms with van der Waals surface area (Å²) in [6.45, 7) is 0. The van der Waals surface area contributed by atoms with Crippen LogP contribution in [0.2, 0.25) is 0 Å². The molecule has 0 radical (unpaired) electrons. The van der Waals surface area contributed by atoms with Crippen molar-refractivity contribution >= 4 is 12.2 Å². The molecule has 1 aromatic carbocycles. The van der Waals surface area contributed by atoms with Gasteiger partial charge >= 0.3 is 0 Å². The number of hydrogen-bond acceptors (Lipinski definition) is 3. The van der Waals surface area contributed by atoms with Gasteiger partial charge in [-0.2, -0.15) is 0 Å². The molecule has 0 aliphatic heterocycles. The van der Waals surface area contributed by atoms with Crippen LogP contribution in [-0.2, 0) is 11.2 Å². The first-order chi connectivity index (χ1) is 7.17. The van der Waals surface area contributed by atoms with Crippen LogP contribution in [-0.4, -0.2) is 19.3 Å². The molecule has 4 heteroatoms. The lowest BCUT2D eigenvalue weighted by Gasteiger charge is -2.07. The molecule has 2 N–H and O–H groups in total. The van der Waals surface area contributed by atoms with Gasteiger partial charge < -0.3 is 10.5 Å². The number of carbonyl (C=O) groups excluding carboxylic acids is 2. The first-order valence-electron chi connectivity index (χ1n) is 4.57. The lowest BCUT2D eigenvalue weighted by atomic mass is 10.1. The molecule has 80 valence electrons. The molecule has 15 heavy (non-hydrogen) atoms. The predicted molar refractivity (Wildman–Crippen MR) is 55.9 cm³/mol. The number of aldehydes is 1. The van der Waals surface area contributed by atoms with Crippen molar-refractivity contribution in [3.63, 3.8) is 0 Å². The summed E-state index contributed by atoms with van der Waals surface area (Å²) < 4.78 is 5.11. The normalized spacial score (nSPS) is 9.67. The second-order valence-corrected chi connectivity index (χ2v) is 3.16. The van der Waals surface area contributed by atoms with Crippen LogP contribution in [0.3, 0.4) is 0 Å². The zero-order valence-corrected chi connectivity index (χ0v) is 8.53. The minimum absolute atomic E-state index is 0.275. The SMILES string of the molecule is COc1cc(C=O)ccc1CCC(N)=O. The molecule has 0 saturated carbocycles. The van der Waals surface area contributed by atoms with Gasteiger partial charge in [-0.1, -0.05) is 12.1 Å². The second-order valence-electron chi connectivity index (χ2n) is 3.16. The number of benzene rings is 1. The smallest absolute Gasteiger partial charge is 0.217 e. The fourth-order valence-corrected chi connectivity index (χ4v) is 1.30. The second kappa shape index (κ2) is 5.14. The summed E-state index contributed by atoms with van der Waals surface area (Å²) >= 11 is 0. The van der Waals surface area contributed by atoms with Crippen molar-refractivity contribution < 1.29 is 14.3 Å². The van der Waals surface area contributed by atoms with Crippen molar-refractivity contribution in [3.05, 3.63) is 29.3 Å². The summed E-state index contributed by atoms with van der Waals surface area (Å²) in [5.74, 6) is 0.261. The van der Waals surface area contributed by atoms with Crippen LogP contribution in [0.4, 0.5) is 0 Å². The molecule has 0 heterocycles. The van der Waals surface area contributed by atoms with Crippen molar-refractivity contribution in [2.75, 3.05) is 7.11 Å². The van der Waals surface area contributed by atoms with Gasteiger partial charge in [0.15, 0.2) is 0 Å². The van der Waals surface area contributed by atoms with Crippen molar-refractivity contribution in [1.29, 1.82) is 0 Å². The standard InChI is InChI=1S/C11H13NO3/c1-15-10-6-8(7-13)2-3-9(10)4-5-11(12)14/h2-3,6-7H,4-5H2,1H3,(H2,12,14). The Kier molecular flexibility index (Phi) is 3.85. The summed E-state index contributed by atoms with van der Waals surface area (Å²) in [6.07, 6.45) is 1.55. The van der Waals surface area contributed by atoms with E-state index in [9.17, 15) is 9.59 Å². The molecule has 0 bridgehead atoms. The lowest BCUT2D eigenvalue weighted by Crippen LogP contribution is -2.11. The van der Waals surface area contributed by atoms with Gasteiger partial charge in [-0.3, -0.25) is 9.59 Å². The monoisotopic (exact) mass is 207 g/mol. The molecule has 0 aliphatic rings. The first-order valence-corrected chi connectivity index (χ1v) is 4.57. The maximum absolute atomic E-state index is 10.6. The highest BCUT2D eigenvalue weighted by molar-refractivity contribution is 5.76. The predicted octanol–water partition coefficient (Wildman–Crippen LogP) is 0.926. The third-order valence-electron chi connectivity index (χ3n) is 2.09. The molecule has 0 fully saturated rings. The van der Waals surface area contributed by atoms with Gasteiger partial charge in [0.1, 0.15) is 12.0 Å². The Morgan fingerprint density at radius 1 is 1.53 bits per heavy atom. The lowest BCUT2D eigenvalue weighted by molar-refractivity contribution is -0.117. The quantitative estimate of drug-likeness (QED) is 0.730. The van der Waals surface area contributed by atoms with Crippen LogP contribution in [0.1, 0.15) is 22.3 Å². The van der Waals surface area contributed by atoms with E-state index in [1.165, 1.54) is 7.11 Å². The molecular formula is C11H13NO3. The van der Waals surface area contributed by atoms with E-state index >= 15 is 0 Å². The van der Waals surface area contributed by atoms with Gasteiger partial charge in [0, 0.05) is 12.0 Å². The summed E-state index contributed by atoms with van der Waals surface area (Å²) in [6, 6.07) is 5.10. The van der Waals surface area contributed by atoms with Gasteiger partial charge in [-0.05, 0) is 18.1 Å². The highest BCUT2D eigenvalue weighted by Crippen LogP contribution is 2.20. The Bertz CT molecular complexity index is 374. The molecule has 0 unspecified atom stereocenters. The largest absolute Gasteiger partial charge is 0.496 e. The fraction of sp³-hybridized carbons (Fsp3) is 0.273. The highest BCUT2D eigenvalue weighted by Gasteiger charge is 2.05. The van der Waals surface area contributed by atoms with E-state index < -0.39 is 0 Å². The maximum atomic E-state index is 10.6. The number of carbonyl (C=O) groups is 2. The van der Waals surface area contributed by atoms with Crippen molar-refractivity contribution in [2.45, 2.75) is 12.8 Å². The van der Waals surface area contributed by atoms with E-state index in [0.29, 0.717) is 17.7 Å². The Hall–Kier alpha value is -1.84. The molecule has 0 spiro atoms. The number of methoxy groups -OCH3 is 1. The van der Waals surface area contributed by atoms with Crippen LogP contribution in [0, 0.1) is 0 Å². The number of aryl methyl sites for hydroxylation is 1. The van der Waals surface area contributed by atoms with Crippen LogP contribution >= 0.6 is 0 Å². The van der Waals surface area contributed by atoms with Gasteiger partial charge in [0.25, 0.3) is 0 Å². The number of amides is 1. The number of nitrogens with two attached hydrogens (primary N) is 1. The topological polar surface area (TPSA) is 69.4 Å². The number of hydrogen-bond donors (Lipinski definition) is 1. The van der Waals surface area contributed by atoms with Crippen molar-refractivity contribution in [2.24, 2.45) is 5.73 Å². The Balaban J connectivity index is 2.87. The van der Waals surface area contributed by atoms with Gasteiger partial charge in [-0.25, -0.2) is 0 Å². The zero-order chi connectivity index (χ0) is 11.3. The molecule has 0 aromatic heterocycles. The third kappa shape index (κ3) is 3.09. The molecule has 0 atom stereocenters. The summed E-state index contributed by atoms with van der Waals surface area (Å²) in [5, 5.41) is 0. The van der Waals surface area contributed by atoms with E-state index in [-0.39, 0.29) is 12.3 Å². The summed E-state index contributed by atoms with van der Waals surface area (Å²) in [4.78, 5) is 21.1. The Labute approximate surface area is 88.0 Å². The van der Waals surface area contributed by atoms with Gasteiger partial charge in [0.2, 0.25) is 5.91 Å². The summed E-state index contributed by atoms with van der Waals surface area (Å²) in [7, 11) is 1.53. The van der Waals surface area contributed by atoms with Crippen molar-refractivity contribution in [1.82, 2.24) is 0 Å². The maximum Gasteiger partial charge on any atom is 0.217 e. The summed E-state index contributed by atoms with van der Waals surface area (Å²) in [5.41, 5.74) is 6.48. The number of primary amides is 1. The average Bonchev–Trinajstić information content (AvgIpc) is 2.25. The fourth-order valence-electron chi connectivity index (χ4n) is 1.30. The zero-order valence-electron chi connectivity index (χ0n) is 8.53. The minimum Gasteiger partial charge on any atom is -0.496 e. The third-order valence-corrected chi connectivity index (χ3v) is 2.09. The number of rotatable bonds is 5. The average molecular weight is 207 g/mol. The van der Waals surface area contributed by atoms with Gasteiger partial charge in [0.05, 0.1) is 7.11 Å². The molecule has 0 saturated heterocycles. The Morgan fingerprint density at radius 2 is 2.27 bits per heavy atom. The Morgan fingerprint density at radius 3 is 2.80 bits per heavy atom.